The highest BCUT2D eigenvalue weighted by Crippen LogP contribution is 2.49. The highest BCUT2D eigenvalue weighted by Gasteiger charge is 2.75. The van der Waals surface area contributed by atoms with Crippen molar-refractivity contribution in [3.8, 4) is 0 Å². The minimum absolute atomic E-state index is 0.867. The summed E-state index contributed by atoms with van der Waals surface area (Å²) >= 11 is 7.71. The quantitative estimate of drug-likeness (QED) is 0.326. The number of hydrogen-bond donors (Lipinski definition) is 2. The molecule has 0 unspecified atom stereocenters. The van der Waals surface area contributed by atoms with E-state index >= 15 is 0 Å². The van der Waals surface area contributed by atoms with Crippen molar-refractivity contribution >= 4 is 35.0 Å². The first kappa shape index (κ1) is 29.7. The fourth-order valence-corrected chi connectivity index (χ4v) is 1.80. The summed E-state index contributed by atoms with van der Waals surface area (Å²) in [6.45, 7) is -0.655. The number of halogens is 14. The van der Waals surface area contributed by atoms with Gasteiger partial charge in [0.2, 0.25) is 0 Å². The second-order valence-electron chi connectivity index (χ2n) is 6.82. The van der Waals surface area contributed by atoms with Crippen LogP contribution in [-0.2, 0) is 9.59 Å². The highest BCUT2D eigenvalue weighted by molar-refractivity contribution is 6.23. The summed E-state index contributed by atoms with van der Waals surface area (Å²) < 4.78 is 155. The summed E-state index contributed by atoms with van der Waals surface area (Å²) in [7, 11) is 0. The molecule has 0 aliphatic rings. The van der Waals surface area contributed by atoms with Gasteiger partial charge in [0.25, 0.3) is 11.8 Å². The van der Waals surface area contributed by atoms with Gasteiger partial charge in [-0.15, -0.1) is 0 Å². The van der Waals surface area contributed by atoms with Crippen LogP contribution in [0.3, 0.4) is 0 Å². The molecule has 0 bridgehead atoms. The molecule has 0 aromatic carbocycles. The second kappa shape index (κ2) is 8.56. The molecule has 0 saturated heterocycles. The number of carbonyl (C=O) groups excluding carboxylic acids is 2. The molecule has 0 aromatic rings. The molecule has 0 aliphatic heterocycles. The van der Waals surface area contributed by atoms with Gasteiger partial charge < -0.3 is 10.6 Å². The first-order chi connectivity index (χ1) is 13.3. The molecule has 0 spiro atoms. The number of carbonyl (C=O) groups is 2. The van der Waals surface area contributed by atoms with Crippen molar-refractivity contribution in [2.75, 3.05) is 13.1 Å². The van der Waals surface area contributed by atoms with Crippen molar-refractivity contribution in [3.05, 3.63) is 0 Å². The van der Waals surface area contributed by atoms with Gasteiger partial charge in [-0.1, -0.05) is 13.8 Å². The predicted octanol–water partition coefficient (Wildman–Crippen LogP) is 4.45. The van der Waals surface area contributed by atoms with E-state index in [9.17, 15) is 62.3 Å². The maximum atomic E-state index is 13.3. The molecule has 184 valence electrons. The maximum absolute atomic E-state index is 13.3. The van der Waals surface area contributed by atoms with Gasteiger partial charge in [0.1, 0.15) is 0 Å². The van der Waals surface area contributed by atoms with E-state index in [2.05, 4.69) is 23.2 Å². The minimum Gasteiger partial charge on any atom is -0.350 e. The topological polar surface area (TPSA) is 58.2 Å². The smallest absolute Gasteiger partial charge is 0.350 e. The van der Waals surface area contributed by atoms with Crippen LogP contribution in [0.1, 0.15) is 13.8 Å². The molecule has 0 rings (SSSR count). The average molecular weight is 527 g/mol. The monoisotopic (exact) mass is 526 g/mol. The van der Waals surface area contributed by atoms with E-state index in [1.165, 1.54) is 0 Å². The summed E-state index contributed by atoms with van der Waals surface area (Å²) in [6.07, 6.45) is 0. The summed E-state index contributed by atoms with van der Waals surface area (Å²) in [5.74, 6) is -30.8. The van der Waals surface area contributed by atoms with Crippen molar-refractivity contribution in [2.45, 2.75) is 48.3 Å². The van der Waals surface area contributed by atoms with Crippen LogP contribution < -0.4 is 10.6 Å². The summed E-state index contributed by atoms with van der Waals surface area (Å²) in [4.78, 5) is 22.4. The lowest BCUT2D eigenvalue weighted by Crippen LogP contribution is -2.61. The number of rotatable bonds is 10. The molecule has 0 atom stereocenters. The van der Waals surface area contributed by atoms with E-state index < -0.39 is 64.8 Å². The zero-order valence-electron chi connectivity index (χ0n) is 15.0. The Bertz CT molecular complexity index is 633. The Balaban J connectivity index is 5.21. The fraction of sp³-hybridized carbons (Fsp3) is 0.846. The summed E-state index contributed by atoms with van der Waals surface area (Å²) in [5, 5.41) is -9.56. The molecule has 2 amide bonds. The van der Waals surface area contributed by atoms with Gasteiger partial charge >= 0.3 is 34.5 Å². The molecule has 0 aliphatic carbocycles. The van der Waals surface area contributed by atoms with Gasteiger partial charge in [0, 0.05) is 13.1 Å². The van der Waals surface area contributed by atoms with Crippen LogP contribution in [-0.4, -0.2) is 59.4 Å². The van der Waals surface area contributed by atoms with Crippen LogP contribution in [0.25, 0.3) is 0 Å². The lowest BCUT2D eigenvalue weighted by Gasteiger charge is -2.31. The Kier molecular flexibility index (Phi) is 8.19. The van der Waals surface area contributed by atoms with Crippen molar-refractivity contribution in [1.29, 1.82) is 0 Å². The zero-order chi connectivity index (χ0) is 25.5. The standard InChI is InChI=1S/C13H12Cl2F12N2O2/c1-7(2,3-28-5(30)8(16,17)10(20,21)12(14,24)25)4-29-6(31)9(18,19)11(22,23)13(15,26)27/h3-4H2,1-2H3,(H,28,30)(H,29,31). The van der Waals surface area contributed by atoms with E-state index in [-0.39, 0.29) is 0 Å². The van der Waals surface area contributed by atoms with E-state index in [4.69, 9.17) is 0 Å². The van der Waals surface area contributed by atoms with Gasteiger partial charge in [-0.3, -0.25) is 9.59 Å². The number of alkyl halides is 14. The van der Waals surface area contributed by atoms with E-state index in [1.807, 2.05) is 0 Å². The van der Waals surface area contributed by atoms with Gasteiger partial charge in [-0.05, 0) is 28.6 Å². The van der Waals surface area contributed by atoms with Gasteiger partial charge in [0.05, 0.1) is 0 Å². The summed E-state index contributed by atoms with van der Waals surface area (Å²) in [6, 6.07) is 0. The van der Waals surface area contributed by atoms with E-state index in [0.717, 1.165) is 24.5 Å². The van der Waals surface area contributed by atoms with Crippen LogP contribution >= 0.6 is 23.2 Å². The molecule has 0 aromatic heterocycles. The lowest BCUT2D eigenvalue weighted by atomic mass is 9.93. The third-order valence-electron chi connectivity index (χ3n) is 3.53. The molecular formula is C13H12Cl2F12N2O2. The van der Waals surface area contributed by atoms with Crippen molar-refractivity contribution in [1.82, 2.24) is 10.6 Å². The molecule has 0 heterocycles. The SMILES string of the molecule is CC(C)(CNC(=O)C(F)(F)C(F)(F)C(F)(F)Cl)CNC(=O)C(F)(F)C(F)(F)C(F)(F)Cl. The Morgan fingerprint density at radius 3 is 1.03 bits per heavy atom. The predicted molar refractivity (Wildman–Crippen MR) is 81.2 cm³/mol. The molecule has 0 fully saturated rings. The molecule has 31 heavy (non-hydrogen) atoms. The molecule has 4 nitrogen and oxygen atoms in total. The fourth-order valence-electron chi connectivity index (χ4n) is 1.56. The zero-order valence-corrected chi connectivity index (χ0v) is 16.5. The lowest BCUT2D eigenvalue weighted by molar-refractivity contribution is -0.269. The molecule has 0 radical (unpaired) electrons. The molecular weight excluding hydrogens is 515 g/mol. The molecule has 18 heteroatoms. The first-order valence-corrected chi connectivity index (χ1v) is 8.22. The van der Waals surface area contributed by atoms with Gasteiger partial charge in [0.15, 0.2) is 0 Å². The molecule has 2 N–H and O–H groups in total. The van der Waals surface area contributed by atoms with Crippen molar-refractivity contribution < 1.29 is 62.3 Å². The van der Waals surface area contributed by atoms with Gasteiger partial charge in [-0.25, -0.2) is 0 Å². The number of nitrogens with one attached hydrogen (secondary N) is 2. The van der Waals surface area contributed by atoms with E-state index in [1.54, 1.807) is 0 Å². The number of amides is 2. The van der Waals surface area contributed by atoms with Crippen molar-refractivity contribution in [3.63, 3.8) is 0 Å². The van der Waals surface area contributed by atoms with Crippen LogP contribution in [0.15, 0.2) is 0 Å². The largest absolute Gasteiger partial charge is 0.395 e. The maximum Gasteiger partial charge on any atom is 0.395 e. The van der Waals surface area contributed by atoms with Crippen LogP contribution in [0, 0.1) is 5.41 Å². The third-order valence-corrected chi connectivity index (χ3v) is 4.00. The second-order valence-corrected chi connectivity index (χ2v) is 7.77. The number of hydrogen-bond acceptors (Lipinski definition) is 2. The van der Waals surface area contributed by atoms with Crippen LogP contribution in [0.4, 0.5) is 52.7 Å². The van der Waals surface area contributed by atoms with Crippen molar-refractivity contribution in [2.24, 2.45) is 5.41 Å². The minimum atomic E-state index is -6.36. The molecule has 0 saturated carbocycles. The highest BCUT2D eigenvalue weighted by atomic mass is 35.5. The third kappa shape index (κ3) is 5.93. The Morgan fingerprint density at radius 2 is 0.839 bits per heavy atom. The van der Waals surface area contributed by atoms with E-state index in [0.29, 0.717) is 0 Å². The first-order valence-electron chi connectivity index (χ1n) is 7.47. The average Bonchev–Trinajstić information content (AvgIpc) is 2.55. The van der Waals surface area contributed by atoms with Crippen LogP contribution in [0.5, 0.6) is 0 Å². The van der Waals surface area contributed by atoms with Crippen LogP contribution in [0.2, 0.25) is 0 Å². The Hall–Kier alpha value is -1.32. The van der Waals surface area contributed by atoms with Gasteiger partial charge in [-0.2, -0.15) is 52.7 Å². The normalized spacial score (nSPS) is 15.0. The Morgan fingerprint density at radius 1 is 0.613 bits per heavy atom. The Labute approximate surface area is 175 Å². The summed E-state index contributed by atoms with van der Waals surface area (Å²) in [5.41, 5.74) is -1.85.